The highest BCUT2D eigenvalue weighted by atomic mass is 16.7. The van der Waals surface area contributed by atoms with Crippen LogP contribution in [-0.2, 0) is 20.7 Å². The summed E-state index contributed by atoms with van der Waals surface area (Å²) >= 11 is 0. The third-order valence-electron chi connectivity index (χ3n) is 5.79. The van der Waals surface area contributed by atoms with Crippen LogP contribution in [0.2, 0.25) is 0 Å². The van der Waals surface area contributed by atoms with Gasteiger partial charge in [-0.25, -0.2) is 4.79 Å². The van der Waals surface area contributed by atoms with Gasteiger partial charge in [-0.1, -0.05) is 48.5 Å². The van der Waals surface area contributed by atoms with Gasteiger partial charge in [-0.3, -0.25) is 0 Å². The summed E-state index contributed by atoms with van der Waals surface area (Å²) in [6, 6.07) is 15.4. The molecule has 0 spiro atoms. The van der Waals surface area contributed by atoms with Gasteiger partial charge in [0, 0.05) is 12.2 Å². The van der Waals surface area contributed by atoms with Gasteiger partial charge in [0.05, 0.1) is 11.2 Å². The fourth-order valence-electron chi connectivity index (χ4n) is 3.17. The number of hydrogen-bond donors (Lipinski definition) is 2. The number of rotatable bonds is 6. The molecule has 2 aromatic rings. The fraction of sp³-hybridized carbons (Fsp3) is 0.375. The molecule has 6 nitrogen and oxygen atoms in total. The van der Waals surface area contributed by atoms with Crippen LogP contribution in [0.3, 0.4) is 0 Å². The number of alkyl carbamates (subject to hydrolysis) is 1. The van der Waals surface area contributed by atoms with E-state index in [4.69, 9.17) is 19.8 Å². The number of anilines is 1. The van der Waals surface area contributed by atoms with Crippen molar-refractivity contribution in [1.82, 2.24) is 5.32 Å². The number of aryl methyl sites for hydroxylation is 1. The van der Waals surface area contributed by atoms with Crippen molar-refractivity contribution >= 4 is 25.0 Å². The summed E-state index contributed by atoms with van der Waals surface area (Å²) in [7, 11) is -0.611. The van der Waals surface area contributed by atoms with Crippen LogP contribution < -0.4 is 11.1 Å². The molecule has 164 valence electrons. The Morgan fingerprint density at radius 2 is 1.74 bits per heavy atom. The molecule has 0 radical (unpaired) electrons. The SMILES string of the molecule is Cc1ccc(C=C(CNC(=O)OCc2ccccc2)B2OC(C)(C)C(C)(C)O2)c(N)c1. The summed E-state index contributed by atoms with van der Waals surface area (Å²) in [5.74, 6) is 0. The predicted molar refractivity (Wildman–Crippen MR) is 124 cm³/mol. The molecule has 1 heterocycles. The topological polar surface area (TPSA) is 82.8 Å². The lowest BCUT2D eigenvalue weighted by atomic mass is 9.77. The van der Waals surface area contributed by atoms with Gasteiger partial charge in [-0.05, 0) is 62.8 Å². The first kappa shape index (κ1) is 22.9. The largest absolute Gasteiger partial charge is 0.492 e. The highest BCUT2D eigenvalue weighted by molar-refractivity contribution is 6.56. The highest BCUT2D eigenvalue weighted by Crippen LogP contribution is 2.39. The van der Waals surface area contributed by atoms with Gasteiger partial charge in [0.15, 0.2) is 0 Å². The zero-order valence-electron chi connectivity index (χ0n) is 18.9. The third kappa shape index (κ3) is 5.68. The van der Waals surface area contributed by atoms with Gasteiger partial charge in [-0.2, -0.15) is 0 Å². The maximum atomic E-state index is 12.3. The van der Waals surface area contributed by atoms with Crippen LogP contribution in [0.5, 0.6) is 0 Å². The molecule has 0 unspecified atom stereocenters. The van der Waals surface area contributed by atoms with E-state index >= 15 is 0 Å². The minimum absolute atomic E-state index is 0.202. The standard InChI is InChI=1S/C24H31BN2O4/c1-17-11-12-19(21(26)13-17)14-20(25-30-23(2,3)24(4,5)31-25)15-27-22(28)29-16-18-9-7-6-8-10-18/h6-14H,15-16,26H2,1-5H3,(H,27,28). The molecule has 0 saturated carbocycles. The fourth-order valence-corrected chi connectivity index (χ4v) is 3.17. The number of carbonyl (C=O) groups excluding carboxylic acids is 1. The molecule has 0 aliphatic carbocycles. The Bertz CT molecular complexity index is 941. The smallest absolute Gasteiger partial charge is 0.445 e. The zero-order chi connectivity index (χ0) is 22.6. The van der Waals surface area contributed by atoms with E-state index in [1.165, 1.54) is 0 Å². The summed E-state index contributed by atoms with van der Waals surface area (Å²) in [5.41, 5.74) is 9.46. The molecule has 31 heavy (non-hydrogen) atoms. The summed E-state index contributed by atoms with van der Waals surface area (Å²) in [6.45, 7) is 10.4. The second-order valence-electron chi connectivity index (χ2n) is 8.86. The van der Waals surface area contributed by atoms with Crippen LogP contribution in [0.1, 0.15) is 44.4 Å². The molecule has 1 saturated heterocycles. The molecular formula is C24H31BN2O4. The summed E-state index contributed by atoms with van der Waals surface area (Å²) < 4.78 is 17.7. The number of hydrogen-bond acceptors (Lipinski definition) is 5. The molecule has 3 rings (SSSR count). The number of carbonyl (C=O) groups is 1. The maximum absolute atomic E-state index is 12.3. The first-order valence-electron chi connectivity index (χ1n) is 10.4. The van der Waals surface area contributed by atoms with Gasteiger partial charge in [0.2, 0.25) is 0 Å². The van der Waals surface area contributed by atoms with Crippen LogP contribution in [0, 0.1) is 6.92 Å². The second kappa shape index (κ2) is 9.16. The molecule has 1 fully saturated rings. The Labute approximate surface area is 184 Å². The van der Waals surface area contributed by atoms with Crippen LogP contribution in [0.25, 0.3) is 6.08 Å². The number of nitrogens with two attached hydrogens (primary N) is 1. The minimum atomic E-state index is -0.611. The Morgan fingerprint density at radius 1 is 1.10 bits per heavy atom. The van der Waals surface area contributed by atoms with Crippen LogP contribution in [-0.4, -0.2) is 31.0 Å². The van der Waals surface area contributed by atoms with E-state index in [1.807, 2.05) is 89.2 Å². The number of nitrogen functional groups attached to an aromatic ring is 1. The van der Waals surface area contributed by atoms with Gasteiger partial charge < -0.3 is 25.1 Å². The van der Waals surface area contributed by atoms with Crippen LogP contribution in [0.4, 0.5) is 10.5 Å². The lowest BCUT2D eigenvalue weighted by molar-refractivity contribution is 0.00578. The lowest BCUT2D eigenvalue weighted by Crippen LogP contribution is -2.41. The Hall–Kier alpha value is -2.77. The van der Waals surface area contributed by atoms with Crippen molar-refractivity contribution in [2.75, 3.05) is 12.3 Å². The molecule has 0 aromatic heterocycles. The van der Waals surface area contributed by atoms with E-state index in [2.05, 4.69) is 5.32 Å². The number of nitrogens with one attached hydrogen (secondary N) is 1. The summed E-state index contributed by atoms with van der Waals surface area (Å²) in [5, 5.41) is 2.81. The molecule has 3 N–H and O–H groups in total. The van der Waals surface area contributed by atoms with Crippen molar-refractivity contribution in [3.05, 3.63) is 70.7 Å². The highest BCUT2D eigenvalue weighted by Gasteiger charge is 2.52. The molecular weight excluding hydrogens is 391 g/mol. The van der Waals surface area contributed by atoms with E-state index in [1.54, 1.807) is 0 Å². The van der Waals surface area contributed by atoms with Crippen molar-refractivity contribution in [2.45, 2.75) is 52.4 Å². The zero-order valence-corrected chi connectivity index (χ0v) is 18.9. The lowest BCUT2D eigenvalue weighted by Gasteiger charge is -2.32. The van der Waals surface area contributed by atoms with E-state index in [-0.39, 0.29) is 13.2 Å². The number of benzene rings is 2. The second-order valence-corrected chi connectivity index (χ2v) is 8.86. The van der Waals surface area contributed by atoms with Crippen LogP contribution in [0.15, 0.2) is 54.0 Å². The van der Waals surface area contributed by atoms with Gasteiger partial charge >= 0.3 is 13.2 Å². The third-order valence-corrected chi connectivity index (χ3v) is 5.79. The van der Waals surface area contributed by atoms with Crippen molar-refractivity contribution in [2.24, 2.45) is 0 Å². The molecule has 1 aliphatic heterocycles. The predicted octanol–water partition coefficient (Wildman–Crippen LogP) is 4.52. The number of ether oxygens (including phenoxy) is 1. The summed E-state index contributed by atoms with van der Waals surface area (Å²) in [6.07, 6.45) is 1.40. The minimum Gasteiger partial charge on any atom is -0.445 e. The quantitative estimate of drug-likeness (QED) is 0.529. The van der Waals surface area contributed by atoms with E-state index < -0.39 is 24.4 Å². The van der Waals surface area contributed by atoms with Gasteiger partial charge in [0.1, 0.15) is 6.61 Å². The number of amides is 1. The molecule has 7 heteroatoms. The average Bonchev–Trinajstić information content (AvgIpc) is 2.93. The molecule has 2 aromatic carbocycles. The molecule has 0 bridgehead atoms. The average molecular weight is 422 g/mol. The normalized spacial score (nSPS) is 17.5. The maximum Gasteiger partial charge on any atom is 0.492 e. The van der Waals surface area contributed by atoms with Crippen LogP contribution >= 0.6 is 0 Å². The first-order valence-corrected chi connectivity index (χ1v) is 10.4. The Balaban J connectivity index is 1.74. The van der Waals surface area contributed by atoms with Gasteiger partial charge in [0.25, 0.3) is 0 Å². The van der Waals surface area contributed by atoms with Crippen molar-refractivity contribution in [1.29, 1.82) is 0 Å². The van der Waals surface area contributed by atoms with E-state index in [0.717, 1.165) is 22.2 Å². The van der Waals surface area contributed by atoms with Crippen molar-refractivity contribution in [3.8, 4) is 0 Å². The van der Waals surface area contributed by atoms with Gasteiger partial charge in [-0.15, -0.1) is 0 Å². The Kier molecular flexibility index (Phi) is 6.77. The summed E-state index contributed by atoms with van der Waals surface area (Å²) in [4.78, 5) is 12.3. The van der Waals surface area contributed by atoms with E-state index in [0.29, 0.717) is 5.69 Å². The molecule has 1 aliphatic rings. The van der Waals surface area contributed by atoms with Crippen molar-refractivity contribution < 1.29 is 18.8 Å². The van der Waals surface area contributed by atoms with Crippen molar-refractivity contribution in [3.63, 3.8) is 0 Å². The Morgan fingerprint density at radius 3 is 2.35 bits per heavy atom. The first-order chi connectivity index (χ1) is 14.6. The van der Waals surface area contributed by atoms with E-state index in [9.17, 15) is 4.79 Å². The molecule has 0 atom stereocenters. The molecule has 1 amide bonds. The monoisotopic (exact) mass is 422 g/mol.